The zero-order valence-electron chi connectivity index (χ0n) is 15.3. The number of rotatable bonds is 6. The van der Waals surface area contributed by atoms with Gasteiger partial charge >= 0.3 is 0 Å². The van der Waals surface area contributed by atoms with Crippen molar-refractivity contribution < 1.29 is 5.11 Å². The number of aromatic hydroxyl groups is 1. The fourth-order valence-electron chi connectivity index (χ4n) is 2.95. The molecule has 1 fully saturated rings. The van der Waals surface area contributed by atoms with E-state index in [1.807, 2.05) is 36.4 Å². The molecule has 2 aromatic carbocycles. The van der Waals surface area contributed by atoms with E-state index < -0.39 is 0 Å². The topological polar surface area (TPSA) is 98.6 Å². The molecule has 3 aromatic rings. The van der Waals surface area contributed by atoms with Gasteiger partial charge in [-0.15, -0.1) is 0 Å². The number of benzene rings is 2. The smallest absolute Gasteiger partial charge is 0.250 e. The van der Waals surface area contributed by atoms with Crippen molar-refractivity contribution in [2.24, 2.45) is 5.10 Å². The second-order valence-corrected chi connectivity index (χ2v) is 6.43. The normalized spacial score (nSPS) is 13.8. The fraction of sp³-hybridized carbons (Fsp3) is 0.200. The highest BCUT2D eigenvalue weighted by atomic mass is 16.3. The average Bonchev–Trinajstić information content (AvgIpc) is 3.24. The maximum atomic E-state index is 9.53. The van der Waals surface area contributed by atoms with Crippen molar-refractivity contribution in [3.05, 3.63) is 60.2 Å². The van der Waals surface area contributed by atoms with Crippen molar-refractivity contribution in [2.75, 3.05) is 28.7 Å². The van der Waals surface area contributed by atoms with E-state index in [4.69, 9.17) is 0 Å². The van der Waals surface area contributed by atoms with Crippen LogP contribution in [0, 0.1) is 0 Å². The molecule has 8 heteroatoms. The summed E-state index contributed by atoms with van der Waals surface area (Å²) in [4.78, 5) is 15.6. The molecule has 0 atom stereocenters. The molecule has 0 radical (unpaired) electrons. The summed E-state index contributed by atoms with van der Waals surface area (Å²) >= 11 is 0. The first-order valence-corrected chi connectivity index (χ1v) is 9.17. The van der Waals surface area contributed by atoms with Crippen LogP contribution in [0.3, 0.4) is 0 Å². The third-order valence-corrected chi connectivity index (χ3v) is 4.29. The van der Waals surface area contributed by atoms with Gasteiger partial charge in [0.2, 0.25) is 17.8 Å². The molecule has 1 saturated heterocycles. The van der Waals surface area contributed by atoms with Gasteiger partial charge in [0.15, 0.2) is 0 Å². The minimum atomic E-state index is 0.190. The number of anilines is 4. The van der Waals surface area contributed by atoms with E-state index >= 15 is 0 Å². The van der Waals surface area contributed by atoms with Gasteiger partial charge in [-0.05, 0) is 42.7 Å². The van der Waals surface area contributed by atoms with E-state index in [1.165, 1.54) is 0 Å². The summed E-state index contributed by atoms with van der Waals surface area (Å²) in [6.07, 6.45) is 3.86. The molecular weight excluding hydrogens is 354 g/mol. The number of para-hydroxylation sites is 1. The molecule has 1 aliphatic heterocycles. The first-order chi connectivity index (χ1) is 13.8. The number of phenolic OH excluding ortho intramolecular Hbond substituents is 1. The molecule has 0 spiro atoms. The number of phenols is 1. The maximum Gasteiger partial charge on any atom is 0.250 e. The van der Waals surface area contributed by atoms with Gasteiger partial charge < -0.3 is 15.3 Å². The molecule has 1 aromatic heterocycles. The largest absolute Gasteiger partial charge is 0.508 e. The summed E-state index contributed by atoms with van der Waals surface area (Å²) in [6.45, 7) is 1.86. The van der Waals surface area contributed by atoms with Crippen LogP contribution in [0.15, 0.2) is 59.7 Å². The van der Waals surface area contributed by atoms with E-state index in [1.54, 1.807) is 24.4 Å². The minimum absolute atomic E-state index is 0.190. The third kappa shape index (κ3) is 4.53. The molecule has 0 amide bonds. The molecule has 0 unspecified atom stereocenters. The van der Waals surface area contributed by atoms with Gasteiger partial charge in [-0.25, -0.2) is 5.43 Å². The SMILES string of the molecule is Oc1cccc(/C=N/Nc2nc(Nc3ccccc3)nc(N3CCCC3)n2)c1. The van der Waals surface area contributed by atoms with Gasteiger partial charge in [-0.1, -0.05) is 30.3 Å². The predicted molar refractivity (Wildman–Crippen MR) is 110 cm³/mol. The van der Waals surface area contributed by atoms with Crippen LogP contribution < -0.4 is 15.6 Å². The van der Waals surface area contributed by atoms with Crippen molar-refractivity contribution in [3.63, 3.8) is 0 Å². The zero-order chi connectivity index (χ0) is 19.2. The van der Waals surface area contributed by atoms with Crippen molar-refractivity contribution in [1.82, 2.24) is 15.0 Å². The highest BCUT2D eigenvalue weighted by Gasteiger charge is 2.17. The monoisotopic (exact) mass is 375 g/mol. The lowest BCUT2D eigenvalue weighted by Crippen LogP contribution is -2.21. The molecule has 3 N–H and O–H groups in total. The molecule has 0 bridgehead atoms. The van der Waals surface area contributed by atoms with Crippen LogP contribution >= 0.6 is 0 Å². The number of aromatic nitrogens is 3. The second-order valence-electron chi connectivity index (χ2n) is 6.43. The van der Waals surface area contributed by atoms with Gasteiger partial charge in [0.1, 0.15) is 5.75 Å². The molecule has 8 nitrogen and oxygen atoms in total. The number of nitrogens with zero attached hydrogens (tertiary/aromatic N) is 5. The summed E-state index contributed by atoms with van der Waals surface area (Å²) in [5.74, 6) is 1.63. The quantitative estimate of drug-likeness (QED) is 0.449. The number of nitrogens with one attached hydrogen (secondary N) is 2. The Bertz CT molecular complexity index is 956. The standard InChI is InChI=1S/C20H21N7O/c28-17-10-6-7-15(13-17)14-21-26-19-23-18(22-16-8-2-1-3-9-16)24-20(25-19)27-11-4-5-12-27/h1-3,6-10,13-14,28H,4-5,11-12H2,(H2,22,23,24,25,26)/b21-14+. The molecule has 28 heavy (non-hydrogen) atoms. The van der Waals surface area contributed by atoms with Gasteiger partial charge in [0.25, 0.3) is 0 Å². The first kappa shape index (κ1) is 17.7. The van der Waals surface area contributed by atoms with E-state index in [0.29, 0.717) is 17.8 Å². The fourth-order valence-corrected chi connectivity index (χ4v) is 2.95. The Morgan fingerprint density at radius 2 is 1.71 bits per heavy atom. The van der Waals surface area contributed by atoms with Crippen LogP contribution in [-0.2, 0) is 0 Å². The van der Waals surface area contributed by atoms with E-state index in [9.17, 15) is 5.11 Å². The molecular formula is C20H21N7O. The van der Waals surface area contributed by atoms with Crippen molar-refractivity contribution in [2.45, 2.75) is 12.8 Å². The highest BCUT2D eigenvalue weighted by molar-refractivity contribution is 5.80. The summed E-state index contributed by atoms with van der Waals surface area (Å²) in [7, 11) is 0. The van der Waals surface area contributed by atoms with Crippen LogP contribution in [0.4, 0.5) is 23.5 Å². The van der Waals surface area contributed by atoms with Crippen LogP contribution in [0.2, 0.25) is 0 Å². The molecule has 0 aliphatic carbocycles. The Morgan fingerprint density at radius 3 is 2.50 bits per heavy atom. The van der Waals surface area contributed by atoms with E-state index in [2.05, 4.69) is 35.7 Å². The predicted octanol–water partition coefficient (Wildman–Crippen LogP) is 3.37. The minimum Gasteiger partial charge on any atom is -0.508 e. The summed E-state index contributed by atoms with van der Waals surface area (Å²) in [5.41, 5.74) is 4.53. The van der Waals surface area contributed by atoms with Gasteiger partial charge in [0.05, 0.1) is 6.21 Å². The van der Waals surface area contributed by atoms with Crippen LogP contribution in [0.5, 0.6) is 5.75 Å². The van der Waals surface area contributed by atoms with Crippen LogP contribution in [0.1, 0.15) is 18.4 Å². The maximum absolute atomic E-state index is 9.53. The number of hydrazone groups is 1. The lowest BCUT2D eigenvalue weighted by molar-refractivity contribution is 0.475. The summed E-state index contributed by atoms with van der Waals surface area (Å²) < 4.78 is 0. The Balaban J connectivity index is 1.56. The summed E-state index contributed by atoms with van der Waals surface area (Å²) in [5, 5.41) is 16.9. The van der Waals surface area contributed by atoms with Crippen LogP contribution in [0.25, 0.3) is 0 Å². The summed E-state index contributed by atoms with van der Waals surface area (Å²) in [6, 6.07) is 16.6. The van der Waals surface area contributed by atoms with Gasteiger partial charge in [-0.3, -0.25) is 0 Å². The average molecular weight is 375 g/mol. The Labute approximate surface area is 163 Å². The molecule has 4 rings (SSSR count). The number of hydrogen-bond donors (Lipinski definition) is 3. The Morgan fingerprint density at radius 1 is 0.929 bits per heavy atom. The van der Waals surface area contributed by atoms with E-state index in [0.717, 1.165) is 37.2 Å². The Kier molecular flexibility index (Phi) is 5.28. The molecule has 1 aliphatic rings. The van der Waals surface area contributed by atoms with Crippen LogP contribution in [-0.4, -0.2) is 39.4 Å². The molecule has 142 valence electrons. The number of hydrogen-bond acceptors (Lipinski definition) is 8. The van der Waals surface area contributed by atoms with Crippen molar-refractivity contribution in [1.29, 1.82) is 0 Å². The molecule has 2 heterocycles. The lowest BCUT2D eigenvalue weighted by Gasteiger charge is -2.16. The highest BCUT2D eigenvalue weighted by Crippen LogP contribution is 2.20. The molecule has 0 saturated carbocycles. The first-order valence-electron chi connectivity index (χ1n) is 9.17. The lowest BCUT2D eigenvalue weighted by atomic mass is 10.2. The second kappa shape index (κ2) is 8.34. The van der Waals surface area contributed by atoms with Crippen molar-refractivity contribution in [3.8, 4) is 5.75 Å². The van der Waals surface area contributed by atoms with E-state index in [-0.39, 0.29) is 5.75 Å². The third-order valence-electron chi connectivity index (χ3n) is 4.29. The van der Waals surface area contributed by atoms with Gasteiger partial charge in [0, 0.05) is 18.8 Å². The van der Waals surface area contributed by atoms with Crippen molar-refractivity contribution >= 4 is 29.7 Å². The Hall–Kier alpha value is -3.68. The van der Waals surface area contributed by atoms with Gasteiger partial charge in [-0.2, -0.15) is 20.1 Å². The zero-order valence-corrected chi connectivity index (χ0v) is 15.3.